The monoisotopic (exact) mass is 428 g/mol. The van der Waals surface area contributed by atoms with Crippen LogP contribution < -0.4 is 24.7 Å². The molecule has 2 aromatic rings. The van der Waals surface area contributed by atoms with Crippen molar-refractivity contribution in [3.05, 3.63) is 39.8 Å². The van der Waals surface area contributed by atoms with E-state index in [1.807, 2.05) is 12.1 Å². The van der Waals surface area contributed by atoms with Gasteiger partial charge in [-0.25, -0.2) is 4.98 Å². The lowest BCUT2D eigenvalue weighted by atomic mass is 9.93. The second kappa shape index (κ2) is 9.60. The molecule has 168 valence electrons. The molecular formula is C23H32N4O4. The van der Waals surface area contributed by atoms with Crippen LogP contribution >= 0.6 is 0 Å². The highest BCUT2D eigenvalue weighted by Gasteiger charge is 2.24. The third kappa shape index (κ3) is 4.79. The van der Waals surface area contributed by atoms with Crippen molar-refractivity contribution in [3.63, 3.8) is 0 Å². The second-order valence-corrected chi connectivity index (χ2v) is 8.27. The summed E-state index contributed by atoms with van der Waals surface area (Å²) >= 11 is 0. The SMILES string of the molecule is COc1cc(CN2CCC(c3cc(=O)[nH]c(N4CCCC4)n3)CC2)cc(OC)c1OC. The van der Waals surface area contributed by atoms with Gasteiger partial charge in [-0.1, -0.05) is 0 Å². The molecule has 2 fully saturated rings. The molecule has 0 unspecified atom stereocenters. The molecular weight excluding hydrogens is 396 g/mol. The standard InChI is InChI=1S/C23H32N4O4/c1-29-19-12-16(13-20(30-2)22(19)31-3)15-26-10-6-17(7-11-26)18-14-21(28)25-23(24-18)27-8-4-5-9-27/h12-14,17H,4-11,15H2,1-3H3,(H,24,25,28). The van der Waals surface area contributed by atoms with Crippen molar-refractivity contribution in [1.82, 2.24) is 14.9 Å². The average molecular weight is 429 g/mol. The number of anilines is 1. The average Bonchev–Trinajstić information content (AvgIpc) is 3.33. The number of aromatic nitrogens is 2. The molecule has 0 atom stereocenters. The predicted octanol–water partition coefficient (Wildman–Crippen LogP) is 2.78. The third-order valence-corrected chi connectivity index (χ3v) is 6.29. The lowest BCUT2D eigenvalue weighted by Crippen LogP contribution is -2.33. The van der Waals surface area contributed by atoms with Crippen LogP contribution in [0, 0.1) is 0 Å². The summed E-state index contributed by atoms with van der Waals surface area (Å²) in [7, 11) is 4.89. The molecule has 1 aromatic carbocycles. The molecule has 0 amide bonds. The topological polar surface area (TPSA) is 79.9 Å². The van der Waals surface area contributed by atoms with Gasteiger partial charge in [0.1, 0.15) is 0 Å². The molecule has 0 bridgehead atoms. The van der Waals surface area contributed by atoms with Crippen LogP contribution in [0.25, 0.3) is 0 Å². The number of likely N-dealkylation sites (tertiary alicyclic amines) is 1. The zero-order valence-corrected chi connectivity index (χ0v) is 18.6. The van der Waals surface area contributed by atoms with Crippen LogP contribution in [0.1, 0.15) is 42.9 Å². The molecule has 1 aromatic heterocycles. The van der Waals surface area contributed by atoms with Gasteiger partial charge < -0.3 is 19.1 Å². The molecule has 2 aliphatic heterocycles. The molecule has 8 nitrogen and oxygen atoms in total. The number of nitrogens with one attached hydrogen (secondary N) is 1. The summed E-state index contributed by atoms with van der Waals surface area (Å²) < 4.78 is 16.4. The summed E-state index contributed by atoms with van der Waals surface area (Å²) in [5, 5.41) is 0. The molecule has 31 heavy (non-hydrogen) atoms. The van der Waals surface area contributed by atoms with Gasteiger partial charge in [0.2, 0.25) is 11.7 Å². The number of piperidine rings is 1. The van der Waals surface area contributed by atoms with Gasteiger partial charge >= 0.3 is 0 Å². The fourth-order valence-corrected chi connectivity index (χ4v) is 4.62. The third-order valence-electron chi connectivity index (χ3n) is 6.29. The maximum atomic E-state index is 12.2. The van der Waals surface area contributed by atoms with E-state index >= 15 is 0 Å². The Morgan fingerprint density at radius 3 is 2.19 bits per heavy atom. The molecule has 4 rings (SSSR count). The largest absolute Gasteiger partial charge is 0.493 e. The minimum atomic E-state index is -0.0493. The van der Waals surface area contributed by atoms with Crippen LogP contribution in [0.3, 0.4) is 0 Å². The van der Waals surface area contributed by atoms with E-state index < -0.39 is 0 Å². The highest BCUT2D eigenvalue weighted by molar-refractivity contribution is 5.53. The van der Waals surface area contributed by atoms with Gasteiger partial charge in [-0.3, -0.25) is 14.7 Å². The number of ether oxygens (including phenoxy) is 3. The fraction of sp³-hybridized carbons (Fsp3) is 0.565. The molecule has 1 N–H and O–H groups in total. The normalized spacial score (nSPS) is 17.7. The predicted molar refractivity (Wildman–Crippen MR) is 120 cm³/mol. The smallest absolute Gasteiger partial charge is 0.252 e. The van der Waals surface area contributed by atoms with Crippen molar-refractivity contribution in [2.24, 2.45) is 0 Å². The number of nitrogens with zero attached hydrogens (tertiary/aromatic N) is 3. The first-order valence-electron chi connectivity index (χ1n) is 11.0. The van der Waals surface area contributed by atoms with E-state index in [9.17, 15) is 4.79 Å². The molecule has 2 aliphatic rings. The first-order valence-corrected chi connectivity index (χ1v) is 11.0. The number of hydrogen-bond acceptors (Lipinski definition) is 7. The summed E-state index contributed by atoms with van der Waals surface area (Å²) in [5.41, 5.74) is 2.00. The molecule has 0 radical (unpaired) electrons. The van der Waals surface area contributed by atoms with Crippen LogP contribution in [0.2, 0.25) is 0 Å². The van der Waals surface area contributed by atoms with Crippen molar-refractivity contribution in [2.45, 2.75) is 38.1 Å². The first kappa shape index (κ1) is 21.5. The van der Waals surface area contributed by atoms with Crippen molar-refractivity contribution in [2.75, 3.05) is 52.4 Å². The molecule has 2 saturated heterocycles. The van der Waals surface area contributed by atoms with E-state index in [0.29, 0.717) is 23.2 Å². The molecule has 8 heteroatoms. The van der Waals surface area contributed by atoms with Gasteiger partial charge in [0.15, 0.2) is 11.5 Å². The Bertz CT molecular complexity index is 922. The second-order valence-electron chi connectivity index (χ2n) is 8.27. The lowest BCUT2D eigenvalue weighted by Gasteiger charge is -2.32. The number of rotatable bonds is 7. The van der Waals surface area contributed by atoms with Crippen molar-refractivity contribution in [1.29, 1.82) is 0 Å². The number of hydrogen-bond donors (Lipinski definition) is 1. The Morgan fingerprint density at radius 1 is 0.968 bits per heavy atom. The Kier molecular flexibility index (Phi) is 6.65. The summed E-state index contributed by atoms with van der Waals surface area (Å²) in [6.45, 7) is 4.66. The molecule has 0 spiro atoms. The Balaban J connectivity index is 1.42. The molecule has 3 heterocycles. The number of H-pyrrole nitrogens is 1. The maximum absolute atomic E-state index is 12.2. The summed E-state index contributed by atoms with van der Waals surface area (Å²) in [6, 6.07) is 5.70. The quantitative estimate of drug-likeness (QED) is 0.726. The summed E-state index contributed by atoms with van der Waals surface area (Å²) in [5.74, 6) is 3.02. The number of benzene rings is 1. The maximum Gasteiger partial charge on any atom is 0.252 e. The van der Waals surface area contributed by atoms with Crippen LogP contribution in [0.4, 0.5) is 5.95 Å². The Hall–Kier alpha value is -2.74. The highest BCUT2D eigenvalue weighted by Crippen LogP contribution is 2.39. The minimum Gasteiger partial charge on any atom is -0.493 e. The van der Waals surface area contributed by atoms with Crippen LogP contribution in [0.15, 0.2) is 23.0 Å². The van der Waals surface area contributed by atoms with Gasteiger partial charge in [0.05, 0.1) is 27.0 Å². The molecule has 0 aliphatic carbocycles. The van der Waals surface area contributed by atoms with E-state index in [1.54, 1.807) is 27.4 Å². The zero-order chi connectivity index (χ0) is 21.8. The van der Waals surface area contributed by atoms with Crippen molar-refractivity contribution < 1.29 is 14.2 Å². The van der Waals surface area contributed by atoms with E-state index in [0.717, 1.165) is 75.6 Å². The van der Waals surface area contributed by atoms with E-state index in [-0.39, 0.29) is 5.56 Å². The van der Waals surface area contributed by atoms with Gasteiger partial charge in [-0.2, -0.15) is 0 Å². The van der Waals surface area contributed by atoms with E-state index in [2.05, 4.69) is 14.8 Å². The van der Waals surface area contributed by atoms with Gasteiger partial charge in [-0.15, -0.1) is 0 Å². The lowest BCUT2D eigenvalue weighted by molar-refractivity contribution is 0.202. The summed E-state index contributed by atoms with van der Waals surface area (Å²) in [6.07, 6.45) is 4.29. The summed E-state index contributed by atoms with van der Waals surface area (Å²) in [4.78, 5) is 24.6. The number of methoxy groups -OCH3 is 3. The first-order chi connectivity index (χ1) is 15.1. The zero-order valence-electron chi connectivity index (χ0n) is 18.6. The van der Waals surface area contributed by atoms with E-state index in [4.69, 9.17) is 19.2 Å². The Morgan fingerprint density at radius 2 is 1.61 bits per heavy atom. The van der Waals surface area contributed by atoms with Crippen LogP contribution in [-0.4, -0.2) is 62.4 Å². The van der Waals surface area contributed by atoms with Crippen molar-refractivity contribution in [3.8, 4) is 17.2 Å². The van der Waals surface area contributed by atoms with E-state index in [1.165, 1.54) is 0 Å². The molecule has 0 saturated carbocycles. The van der Waals surface area contributed by atoms with Gasteiger partial charge in [0, 0.05) is 31.6 Å². The van der Waals surface area contributed by atoms with Crippen molar-refractivity contribution >= 4 is 5.95 Å². The minimum absolute atomic E-state index is 0.0493. The van der Waals surface area contributed by atoms with Crippen LogP contribution in [-0.2, 0) is 6.54 Å². The van der Waals surface area contributed by atoms with Crippen LogP contribution in [0.5, 0.6) is 17.2 Å². The Labute approximate surface area is 183 Å². The van der Waals surface area contributed by atoms with Gasteiger partial charge in [0.25, 0.3) is 5.56 Å². The van der Waals surface area contributed by atoms with Gasteiger partial charge in [-0.05, 0) is 56.5 Å². The number of aromatic amines is 1. The highest BCUT2D eigenvalue weighted by atomic mass is 16.5. The fourth-order valence-electron chi connectivity index (χ4n) is 4.62.